The van der Waals surface area contributed by atoms with Gasteiger partial charge >= 0.3 is 0 Å². The molecule has 0 fully saturated rings. The molecule has 0 bridgehead atoms. The van der Waals surface area contributed by atoms with Gasteiger partial charge in [0.15, 0.2) is 0 Å². The molecule has 0 amide bonds. The second kappa shape index (κ2) is 5.17. The van der Waals surface area contributed by atoms with Crippen LogP contribution in [-0.2, 0) is 6.42 Å². The number of pyridine rings is 2. The van der Waals surface area contributed by atoms with Gasteiger partial charge in [-0.15, -0.1) is 0 Å². The first-order valence-corrected chi connectivity index (χ1v) is 8.07. The largest absolute Gasteiger partial charge is 0.306 e. The van der Waals surface area contributed by atoms with Gasteiger partial charge in [-0.3, -0.25) is 4.98 Å². The van der Waals surface area contributed by atoms with Gasteiger partial charge in [0.1, 0.15) is 5.65 Å². The minimum atomic E-state index is 0.882. The first kappa shape index (κ1) is 13.3. The lowest BCUT2D eigenvalue weighted by atomic mass is 10.0. The molecule has 24 heavy (non-hydrogen) atoms. The molecule has 3 nitrogen and oxygen atoms in total. The Kier molecular flexibility index (Phi) is 2.85. The molecule has 4 aromatic rings. The first-order valence-electron chi connectivity index (χ1n) is 8.07. The average Bonchev–Trinajstić information content (AvgIpc) is 3.27. The van der Waals surface area contributed by atoms with Gasteiger partial charge in [0.05, 0.1) is 11.4 Å². The van der Waals surface area contributed by atoms with Gasteiger partial charge in [0.2, 0.25) is 0 Å². The Morgan fingerprint density at radius 2 is 1.79 bits per heavy atom. The third kappa shape index (κ3) is 2.06. The zero-order valence-electron chi connectivity index (χ0n) is 13.1. The van der Waals surface area contributed by atoms with Gasteiger partial charge in [-0.25, -0.2) is 4.98 Å². The molecule has 114 valence electrons. The topological polar surface area (TPSA) is 30.2 Å². The highest BCUT2D eigenvalue weighted by Gasteiger charge is 2.18. The minimum absolute atomic E-state index is 0.882. The summed E-state index contributed by atoms with van der Waals surface area (Å²) in [6, 6.07) is 18.8. The molecular weight excluding hydrogens is 294 g/mol. The summed E-state index contributed by atoms with van der Waals surface area (Å²) >= 11 is 0. The van der Waals surface area contributed by atoms with E-state index < -0.39 is 0 Å². The zero-order valence-corrected chi connectivity index (χ0v) is 13.1. The number of aromatic nitrogens is 3. The predicted molar refractivity (Wildman–Crippen MR) is 95.6 cm³/mol. The number of fused-ring (bicyclic) bond motifs is 2. The molecule has 3 aromatic heterocycles. The van der Waals surface area contributed by atoms with Crippen LogP contribution in [-0.4, -0.2) is 14.4 Å². The molecule has 3 heterocycles. The van der Waals surface area contributed by atoms with Crippen LogP contribution in [0.4, 0.5) is 0 Å². The SMILES string of the molecule is C1=C(c2ccc3nccn3c2)c2ccc(-c3ccccc3)nc2C1. The second-order valence-corrected chi connectivity index (χ2v) is 5.99. The van der Waals surface area contributed by atoms with Crippen LogP contribution >= 0.6 is 0 Å². The maximum absolute atomic E-state index is 4.88. The first-order chi connectivity index (χ1) is 11.9. The summed E-state index contributed by atoms with van der Waals surface area (Å²) in [5.74, 6) is 0. The Balaban J connectivity index is 1.56. The number of nitrogens with zero attached hydrogens (tertiary/aromatic N) is 3. The molecule has 0 radical (unpaired) electrons. The highest BCUT2D eigenvalue weighted by Crippen LogP contribution is 2.33. The van der Waals surface area contributed by atoms with Gasteiger partial charge in [-0.2, -0.15) is 0 Å². The molecule has 0 aliphatic heterocycles. The number of allylic oxidation sites excluding steroid dienone is 1. The summed E-state index contributed by atoms with van der Waals surface area (Å²) in [5.41, 5.74) is 8.00. The molecule has 1 aromatic carbocycles. The molecule has 3 heteroatoms. The lowest BCUT2D eigenvalue weighted by molar-refractivity contribution is 1.13. The van der Waals surface area contributed by atoms with E-state index in [0.29, 0.717) is 0 Å². The lowest BCUT2D eigenvalue weighted by Gasteiger charge is -2.08. The van der Waals surface area contributed by atoms with E-state index in [1.54, 1.807) is 0 Å². The van der Waals surface area contributed by atoms with Crippen molar-refractivity contribution in [1.29, 1.82) is 0 Å². The fourth-order valence-electron chi connectivity index (χ4n) is 3.33. The smallest absolute Gasteiger partial charge is 0.136 e. The fraction of sp³-hybridized carbons (Fsp3) is 0.0476. The van der Waals surface area contributed by atoms with Crippen LogP contribution < -0.4 is 0 Å². The summed E-state index contributed by atoms with van der Waals surface area (Å²) in [6.07, 6.45) is 9.09. The quantitative estimate of drug-likeness (QED) is 0.550. The number of benzene rings is 1. The van der Waals surface area contributed by atoms with Crippen LogP contribution in [0.3, 0.4) is 0 Å². The van der Waals surface area contributed by atoms with Gasteiger partial charge in [0.25, 0.3) is 0 Å². The highest BCUT2D eigenvalue weighted by molar-refractivity contribution is 5.84. The van der Waals surface area contributed by atoms with Crippen molar-refractivity contribution >= 4 is 11.2 Å². The molecule has 5 rings (SSSR count). The normalized spacial score (nSPS) is 13.1. The van der Waals surface area contributed by atoms with Gasteiger partial charge in [-0.1, -0.05) is 42.5 Å². The highest BCUT2D eigenvalue weighted by atomic mass is 15.0. The van der Waals surface area contributed by atoms with Crippen molar-refractivity contribution in [3.05, 3.63) is 96.1 Å². The van der Waals surface area contributed by atoms with E-state index in [1.807, 2.05) is 30.6 Å². The van der Waals surface area contributed by atoms with E-state index in [2.05, 4.69) is 58.1 Å². The Hall–Kier alpha value is -3.20. The van der Waals surface area contributed by atoms with E-state index in [9.17, 15) is 0 Å². The number of hydrogen-bond acceptors (Lipinski definition) is 2. The van der Waals surface area contributed by atoms with E-state index in [0.717, 1.165) is 29.0 Å². The van der Waals surface area contributed by atoms with Crippen molar-refractivity contribution in [3.63, 3.8) is 0 Å². The number of rotatable bonds is 2. The molecule has 1 aliphatic carbocycles. The Bertz CT molecular complexity index is 1070. The molecule has 0 N–H and O–H groups in total. The van der Waals surface area contributed by atoms with Gasteiger partial charge < -0.3 is 4.40 Å². The monoisotopic (exact) mass is 309 g/mol. The maximum Gasteiger partial charge on any atom is 0.136 e. The van der Waals surface area contributed by atoms with E-state index in [-0.39, 0.29) is 0 Å². The standard InChI is InChI=1S/C21H15N3/c1-2-4-15(5-3-1)19-9-8-18-17(7-10-20(18)23-19)16-6-11-21-22-12-13-24(21)14-16/h1-9,11-14H,10H2. The second-order valence-electron chi connectivity index (χ2n) is 5.99. The fourth-order valence-corrected chi connectivity index (χ4v) is 3.33. The molecular formula is C21H15N3. The average molecular weight is 309 g/mol. The van der Waals surface area contributed by atoms with Crippen LogP contribution in [0.25, 0.3) is 22.5 Å². The summed E-state index contributed by atoms with van der Waals surface area (Å²) in [6.45, 7) is 0. The Labute approximate surface area is 140 Å². The van der Waals surface area contributed by atoms with Crippen LogP contribution in [0, 0.1) is 0 Å². The van der Waals surface area contributed by atoms with E-state index >= 15 is 0 Å². The van der Waals surface area contributed by atoms with Crippen molar-refractivity contribution in [2.45, 2.75) is 6.42 Å². The molecule has 1 aliphatic rings. The predicted octanol–water partition coefficient (Wildman–Crippen LogP) is 4.38. The van der Waals surface area contributed by atoms with Gasteiger partial charge in [0, 0.05) is 36.1 Å². The third-order valence-corrected chi connectivity index (χ3v) is 4.53. The molecule has 0 spiro atoms. The van der Waals surface area contributed by atoms with Crippen LogP contribution in [0.5, 0.6) is 0 Å². The van der Waals surface area contributed by atoms with Crippen LogP contribution in [0.1, 0.15) is 16.8 Å². The lowest BCUT2D eigenvalue weighted by Crippen LogP contribution is -1.94. The molecule has 0 unspecified atom stereocenters. The van der Waals surface area contributed by atoms with E-state index in [4.69, 9.17) is 4.98 Å². The van der Waals surface area contributed by atoms with Gasteiger partial charge in [-0.05, 0) is 29.3 Å². The molecule has 0 atom stereocenters. The van der Waals surface area contributed by atoms with E-state index in [1.165, 1.54) is 16.7 Å². The molecule has 0 saturated carbocycles. The summed E-state index contributed by atoms with van der Waals surface area (Å²) in [4.78, 5) is 9.19. The zero-order chi connectivity index (χ0) is 15.9. The Morgan fingerprint density at radius 1 is 0.875 bits per heavy atom. The van der Waals surface area contributed by atoms with Crippen molar-refractivity contribution in [2.75, 3.05) is 0 Å². The van der Waals surface area contributed by atoms with Crippen LogP contribution in [0.15, 0.2) is 79.3 Å². The Morgan fingerprint density at radius 3 is 2.71 bits per heavy atom. The number of hydrogen-bond donors (Lipinski definition) is 0. The maximum atomic E-state index is 4.88. The minimum Gasteiger partial charge on any atom is -0.306 e. The van der Waals surface area contributed by atoms with Crippen molar-refractivity contribution in [2.24, 2.45) is 0 Å². The van der Waals surface area contributed by atoms with Crippen molar-refractivity contribution in [3.8, 4) is 11.3 Å². The van der Waals surface area contributed by atoms with Crippen molar-refractivity contribution in [1.82, 2.24) is 14.4 Å². The number of imidazole rings is 1. The van der Waals surface area contributed by atoms with Crippen LogP contribution in [0.2, 0.25) is 0 Å². The van der Waals surface area contributed by atoms with Crippen molar-refractivity contribution < 1.29 is 0 Å². The summed E-state index contributed by atoms with van der Waals surface area (Å²) < 4.78 is 2.06. The molecule has 0 saturated heterocycles. The summed E-state index contributed by atoms with van der Waals surface area (Å²) in [5, 5.41) is 0. The summed E-state index contributed by atoms with van der Waals surface area (Å²) in [7, 11) is 0. The third-order valence-electron chi connectivity index (χ3n) is 4.53.